The molecule has 0 radical (unpaired) electrons. The molecular weight excluding hydrogens is 392 g/mol. The van der Waals surface area contributed by atoms with Crippen molar-refractivity contribution in [2.45, 2.75) is 19.3 Å². The van der Waals surface area contributed by atoms with E-state index in [1.54, 1.807) is 13.2 Å². The molecule has 136 valence electrons. The van der Waals surface area contributed by atoms with E-state index in [4.69, 9.17) is 4.74 Å². The fraction of sp³-hybridized carbons (Fsp3) is 0.286. The predicted octanol–water partition coefficient (Wildman–Crippen LogP) is 5.10. The highest BCUT2D eigenvalue weighted by molar-refractivity contribution is 9.10. The molecule has 0 aromatic heterocycles. The molecule has 0 aliphatic carbocycles. The van der Waals surface area contributed by atoms with Gasteiger partial charge in [-0.1, -0.05) is 28.1 Å². The number of nitrogens with one attached hydrogen (secondary N) is 1. The number of methoxy groups -OCH3 is 1. The molecule has 3 rings (SSSR count). The summed E-state index contributed by atoms with van der Waals surface area (Å²) >= 11 is 3.44. The first kappa shape index (κ1) is 18.5. The third-order valence-electron chi connectivity index (χ3n) is 4.46. The summed E-state index contributed by atoms with van der Waals surface area (Å²) in [4.78, 5) is 14.8. The minimum absolute atomic E-state index is 0.156. The summed E-state index contributed by atoms with van der Waals surface area (Å²) in [7, 11) is 1.62. The molecule has 0 unspecified atom stereocenters. The van der Waals surface area contributed by atoms with Crippen LogP contribution in [0.25, 0.3) is 6.08 Å². The van der Waals surface area contributed by atoms with Crippen LogP contribution >= 0.6 is 15.9 Å². The summed E-state index contributed by atoms with van der Waals surface area (Å²) in [5.41, 5.74) is 2.79. The summed E-state index contributed by atoms with van der Waals surface area (Å²) in [5.74, 6) is 0.572. The molecule has 26 heavy (non-hydrogen) atoms. The third-order valence-corrected chi connectivity index (χ3v) is 4.96. The number of benzene rings is 2. The van der Waals surface area contributed by atoms with Gasteiger partial charge in [0.15, 0.2) is 0 Å². The number of hydrogen-bond donors (Lipinski definition) is 1. The van der Waals surface area contributed by atoms with Gasteiger partial charge < -0.3 is 15.0 Å². The van der Waals surface area contributed by atoms with Gasteiger partial charge in [0.2, 0.25) is 5.91 Å². The summed E-state index contributed by atoms with van der Waals surface area (Å²) < 4.78 is 6.28. The number of carbonyl (C=O) groups excluding carboxylic acids is 1. The average Bonchev–Trinajstić information content (AvgIpc) is 2.67. The van der Waals surface area contributed by atoms with Crippen molar-refractivity contribution in [3.63, 3.8) is 0 Å². The summed E-state index contributed by atoms with van der Waals surface area (Å²) in [6, 6.07) is 13.7. The van der Waals surface area contributed by atoms with E-state index in [1.165, 1.54) is 25.3 Å². The lowest BCUT2D eigenvalue weighted by Crippen LogP contribution is -2.30. The van der Waals surface area contributed by atoms with E-state index in [2.05, 4.69) is 32.2 Å². The minimum atomic E-state index is -0.156. The molecule has 1 saturated heterocycles. The molecule has 5 heteroatoms. The SMILES string of the molecule is COc1ccc(Br)cc1C=CC(=O)Nc1ccccc1N1CCCCC1. The van der Waals surface area contributed by atoms with Crippen molar-refractivity contribution in [1.29, 1.82) is 0 Å². The monoisotopic (exact) mass is 414 g/mol. The molecule has 2 aromatic rings. The van der Waals surface area contributed by atoms with Crippen molar-refractivity contribution in [3.05, 3.63) is 58.6 Å². The lowest BCUT2D eigenvalue weighted by molar-refractivity contribution is -0.111. The normalized spacial score (nSPS) is 14.5. The Bertz CT molecular complexity index is 798. The van der Waals surface area contributed by atoms with Gasteiger partial charge in [-0.2, -0.15) is 0 Å². The molecule has 1 N–H and O–H groups in total. The van der Waals surface area contributed by atoms with Gasteiger partial charge in [-0.3, -0.25) is 4.79 Å². The van der Waals surface area contributed by atoms with Crippen LogP contribution in [0, 0.1) is 0 Å². The Morgan fingerprint density at radius 2 is 1.92 bits per heavy atom. The quantitative estimate of drug-likeness (QED) is 0.691. The van der Waals surface area contributed by atoms with E-state index in [-0.39, 0.29) is 5.91 Å². The van der Waals surface area contributed by atoms with E-state index in [1.807, 2.05) is 36.4 Å². The number of halogens is 1. The number of piperidine rings is 1. The molecule has 1 aliphatic heterocycles. The standard InChI is InChI=1S/C21H23BrN2O2/c1-26-20-11-10-17(22)15-16(20)9-12-21(25)23-18-7-3-4-8-19(18)24-13-5-2-6-14-24/h3-4,7-12,15H,2,5-6,13-14H2,1H3,(H,23,25). The van der Waals surface area contributed by atoms with Gasteiger partial charge in [-0.05, 0) is 55.7 Å². The zero-order valence-corrected chi connectivity index (χ0v) is 16.5. The summed E-state index contributed by atoms with van der Waals surface area (Å²) in [6.07, 6.45) is 6.98. The van der Waals surface area contributed by atoms with Crippen LogP contribution in [0.2, 0.25) is 0 Å². The lowest BCUT2D eigenvalue weighted by atomic mass is 10.1. The second-order valence-electron chi connectivity index (χ2n) is 6.27. The van der Waals surface area contributed by atoms with Gasteiger partial charge in [0.05, 0.1) is 18.5 Å². The molecule has 1 heterocycles. The highest BCUT2D eigenvalue weighted by atomic mass is 79.9. The molecule has 1 fully saturated rings. The molecule has 0 saturated carbocycles. The smallest absolute Gasteiger partial charge is 0.248 e. The number of rotatable bonds is 5. The highest BCUT2D eigenvalue weighted by Crippen LogP contribution is 2.28. The van der Waals surface area contributed by atoms with E-state index < -0.39 is 0 Å². The Hall–Kier alpha value is -2.27. The zero-order valence-electron chi connectivity index (χ0n) is 14.9. The first-order valence-corrected chi connectivity index (χ1v) is 9.63. The van der Waals surface area contributed by atoms with Crippen LogP contribution < -0.4 is 15.0 Å². The number of anilines is 2. The highest BCUT2D eigenvalue weighted by Gasteiger charge is 2.14. The van der Waals surface area contributed by atoms with Crippen molar-refractivity contribution in [2.75, 3.05) is 30.4 Å². The van der Waals surface area contributed by atoms with E-state index in [0.717, 1.165) is 40.2 Å². The summed E-state index contributed by atoms with van der Waals surface area (Å²) in [6.45, 7) is 2.08. The van der Waals surface area contributed by atoms with Crippen molar-refractivity contribution < 1.29 is 9.53 Å². The number of carbonyl (C=O) groups is 1. The first-order valence-electron chi connectivity index (χ1n) is 8.84. The Labute approximate surface area is 163 Å². The average molecular weight is 415 g/mol. The minimum Gasteiger partial charge on any atom is -0.496 e. The maximum atomic E-state index is 12.4. The van der Waals surface area contributed by atoms with Crippen molar-refractivity contribution in [2.24, 2.45) is 0 Å². The van der Waals surface area contributed by atoms with Crippen molar-refractivity contribution in [3.8, 4) is 5.75 Å². The number of ether oxygens (including phenoxy) is 1. The Morgan fingerprint density at radius 3 is 2.69 bits per heavy atom. The molecule has 4 nitrogen and oxygen atoms in total. The van der Waals surface area contributed by atoms with Gasteiger partial charge in [0.1, 0.15) is 5.75 Å². The van der Waals surface area contributed by atoms with Gasteiger partial charge >= 0.3 is 0 Å². The van der Waals surface area contributed by atoms with Crippen LogP contribution in [0.3, 0.4) is 0 Å². The van der Waals surface area contributed by atoms with E-state index in [0.29, 0.717) is 0 Å². The molecule has 2 aromatic carbocycles. The van der Waals surface area contributed by atoms with Crippen LogP contribution in [-0.2, 0) is 4.79 Å². The second-order valence-corrected chi connectivity index (χ2v) is 7.19. The largest absolute Gasteiger partial charge is 0.496 e. The van der Waals surface area contributed by atoms with Crippen LogP contribution in [0.15, 0.2) is 53.0 Å². The maximum absolute atomic E-state index is 12.4. The van der Waals surface area contributed by atoms with Crippen LogP contribution in [0.5, 0.6) is 5.75 Å². The Morgan fingerprint density at radius 1 is 1.15 bits per heavy atom. The zero-order chi connectivity index (χ0) is 18.4. The third kappa shape index (κ3) is 4.67. The Balaban J connectivity index is 1.73. The fourth-order valence-corrected chi connectivity index (χ4v) is 3.54. The van der Waals surface area contributed by atoms with Gasteiger partial charge in [0, 0.05) is 29.2 Å². The maximum Gasteiger partial charge on any atom is 0.248 e. The number of hydrogen-bond acceptors (Lipinski definition) is 3. The van der Waals surface area contributed by atoms with E-state index >= 15 is 0 Å². The molecule has 0 atom stereocenters. The van der Waals surface area contributed by atoms with Crippen molar-refractivity contribution >= 4 is 39.3 Å². The van der Waals surface area contributed by atoms with Crippen LogP contribution in [-0.4, -0.2) is 26.1 Å². The Kier molecular flexibility index (Phi) is 6.34. The molecule has 1 amide bonds. The van der Waals surface area contributed by atoms with Crippen molar-refractivity contribution in [1.82, 2.24) is 0 Å². The number of amides is 1. The molecule has 1 aliphatic rings. The number of nitrogens with zero attached hydrogens (tertiary/aromatic N) is 1. The van der Waals surface area contributed by atoms with Gasteiger partial charge in [0.25, 0.3) is 0 Å². The summed E-state index contributed by atoms with van der Waals surface area (Å²) in [5, 5.41) is 3.01. The van der Waals surface area contributed by atoms with Crippen LogP contribution in [0.4, 0.5) is 11.4 Å². The number of para-hydroxylation sites is 2. The van der Waals surface area contributed by atoms with Gasteiger partial charge in [-0.15, -0.1) is 0 Å². The molecule has 0 spiro atoms. The molecule has 0 bridgehead atoms. The molecular formula is C21H23BrN2O2. The van der Waals surface area contributed by atoms with Crippen LogP contribution in [0.1, 0.15) is 24.8 Å². The first-order chi connectivity index (χ1) is 12.7. The lowest BCUT2D eigenvalue weighted by Gasteiger charge is -2.30. The van der Waals surface area contributed by atoms with E-state index in [9.17, 15) is 4.79 Å². The predicted molar refractivity (Wildman–Crippen MR) is 111 cm³/mol. The fourth-order valence-electron chi connectivity index (χ4n) is 3.17. The second kappa shape index (κ2) is 8.90. The van der Waals surface area contributed by atoms with Gasteiger partial charge in [-0.25, -0.2) is 0 Å². The topological polar surface area (TPSA) is 41.6 Å².